The van der Waals surface area contributed by atoms with Crippen molar-refractivity contribution in [3.8, 4) is 11.1 Å². The number of halogens is 4. The van der Waals surface area contributed by atoms with Crippen molar-refractivity contribution in [2.24, 2.45) is 0 Å². The third kappa shape index (κ3) is 3.08. The van der Waals surface area contributed by atoms with Crippen molar-refractivity contribution in [2.75, 3.05) is 5.73 Å². The lowest BCUT2D eigenvalue weighted by Crippen LogP contribution is -1.97. The molecule has 0 spiro atoms. The Labute approximate surface area is 148 Å². The quantitative estimate of drug-likeness (QED) is 0.299. The third-order valence-corrected chi connectivity index (χ3v) is 4.77. The summed E-state index contributed by atoms with van der Waals surface area (Å²) in [5.74, 6) is 0. The molecule has 0 atom stereocenters. The molecule has 8 heteroatoms. The van der Waals surface area contributed by atoms with Crippen molar-refractivity contribution >= 4 is 75.1 Å². The van der Waals surface area contributed by atoms with Crippen molar-refractivity contribution in [3.05, 3.63) is 52.3 Å². The summed E-state index contributed by atoms with van der Waals surface area (Å²) in [6, 6.07) is 6.84. The average molecular weight is 530 g/mol. The Morgan fingerprint density at radius 2 is 1.40 bits per heavy atom. The van der Waals surface area contributed by atoms with E-state index in [1.807, 2.05) is 0 Å². The molecule has 4 nitrogen and oxygen atoms in total. The molecule has 0 amide bonds. The Hall–Kier alpha value is -0.440. The van der Waals surface area contributed by atoms with E-state index < -0.39 is 4.92 Å². The second kappa shape index (κ2) is 6.13. The van der Waals surface area contributed by atoms with Crippen LogP contribution in [-0.4, -0.2) is 4.92 Å². The number of nitrogens with two attached hydrogens (primary N) is 1. The molecule has 0 bridgehead atoms. The summed E-state index contributed by atoms with van der Waals surface area (Å²) in [4.78, 5) is 10.9. The van der Waals surface area contributed by atoms with Crippen LogP contribution in [0.5, 0.6) is 0 Å². The highest BCUT2D eigenvalue weighted by Crippen LogP contribution is 2.43. The van der Waals surface area contributed by atoms with Gasteiger partial charge in [0.05, 0.1) is 20.6 Å². The molecule has 2 aromatic carbocycles. The van der Waals surface area contributed by atoms with Gasteiger partial charge in [0.15, 0.2) is 0 Å². The van der Waals surface area contributed by atoms with E-state index in [1.54, 1.807) is 24.3 Å². The molecule has 2 N–H and O–H groups in total. The first-order chi connectivity index (χ1) is 9.31. The molecule has 2 aromatic rings. The van der Waals surface area contributed by atoms with E-state index in [2.05, 4.69) is 63.7 Å². The van der Waals surface area contributed by atoms with Gasteiger partial charge in [-0.2, -0.15) is 0 Å². The Balaban J connectivity index is 2.85. The van der Waals surface area contributed by atoms with Gasteiger partial charge in [0.25, 0.3) is 5.69 Å². The molecule has 2 rings (SSSR count). The van der Waals surface area contributed by atoms with Crippen LogP contribution >= 0.6 is 63.7 Å². The standard InChI is InChI=1S/C12H6Br4N2O2/c13-5-1-7(11(17)9(15)3-5)8-2-6(14)4-10(16)12(8)18(19)20/h1-4H,17H2. The number of nitrogen functional groups attached to an aromatic ring is 1. The van der Waals surface area contributed by atoms with E-state index in [4.69, 9.17) is 5.73 Å². The molecule has 20 heavy (non-hydrogen) atoms. The molecule has 0 aliphatic heterocycles. The molecule has 0 aromatic heterocycles. The molecule has 0 heterocycles. The molecule has 0 aliphatic carbocycles. The van der Waals surface area contributed by atoms with Gasteiger partial charge < -0.3 is 5.73 Å². The van der Waals surface area contributed by atoms with Crippen LogP contribution in [0.4, 0.5) is 11.4 Å². The lowest BCUT2D eigenvalue weighted by molar-refractivity contribution is -0.385. The normalized spacial score (nSPS) is 10.6. The zero-order valence-electron chi connectivity index (χ0n) is 9.66. The first kappa shape index (κ1) is 15.9. The largest absolute Gasteiger partial charge is 0.397 e. The van der Waals surface area contributed by atoms with E-state index in [-0.39, 0.29) is 5.69 Å². The molecule has 0 radical (unpaired) electrons. The van der Waals surface area contributed by atoms with Crippen LogP contribution in [0.15, 0.2) is 42.2 Å². The van der Waals surface area contributed by atoms with Crippen molar-refractivity contribution in [2.45, 2.75) is 0 Å². The molecule has 0 saturated heterocycles. The molecule has 0 fully saturated rings. The smallest absolute Gasteiger partial charge is 0.291 e. The van der Waals surface area contributed by atoms with E-state index in [9.17, 15) is 10.1 Å². The molecular formula is C12H6Br4N2O2. The topological polar surface area (TPSA) is 69.2 Å². The van der Waals surface area contributed by atoms with Gasteiger partial charge in [-0.1, -0.05) is 31.9 Å². The Kier molecular flexibility index (Phi) is 4.88. The monoisotopic (exact) mass is 526 g/mol. The summed E-state index contributed by atoms with van der Waals surface area (Å²) in [7, 11) is 0. The predicted octanol–water partition coefficient (Wildman–Crippen LogP) is 5.89. The maximum Gasteiger partial charge on any atom is 0.291 e. The minimum Gasteiger partial charge on any atom is -0.397 e. The van der Waals surface area contributed by atoms with Crippen LogP contribution in [0, 0.1) is 10.1 Å². The van der Waals surface area contributed by atoms with Crippen LogP contribution in [0.3, 0.4) is 0 Å². The fraction of sp³-hybridized carbons (Fsp3) is 0. The van der Waals surface area contributed by atoms with Gasteiger partial charge in [0, 0.05) is 19.0 Å². The summed E-state index contributed by atoms with van der Waals surface area (Å²) in [6.07, 6.45) is 0. The lowest BCUT2D eigenvalue weighted by atomic mass is 10.0. The number of nitro groups is 1. The fourth-order valence-electron chi connectivity index (χ4n) is 1.76. The number of nitrogens with zero attached hydrogens (tertiary/aromatic N) is 1. The Morgan fingerprint density at radius 1 is 0.900 bits per heavy atom. The number of rotatable bonds is 2. The molecule has 0 unspecified atom stereocenters. The third-order valence-electron chi connectivity index (χ3n) is 2.60. The second-order valence-electron chi connectivity index (χ2n) is 3.89. The van der Waals surface area contributed by atoms with Crippen molar-refractivity contribution in [3.63, 3.8) is 0 Å². The van der Waals surface area contributed by atoms with Crippen molar-refractivity contribution in [1.82, 2.24) is 0 Å². The van der Waals surface area contributed by atoms with E-state index in [1.165, 1.54) is 0 Å². The van der Waals surface area contributed by atoms with Crippen LogP contribution in [0.25, 0.3) is 11.1 Å². The van der Waals surface area contributed by atoms with Gasteiger partial charge in [0.1, 0.15) is 0 Å². The van der Waals surface area contributed by atoms with E-state index in [0.717, 1.165) is 8.95 Å². The summed E-state index contributed by atoms with van der Waals surface area (Å²) < 4.78 is 2.56. The number of anilines is 1. The minimum atomic E-state index is -0.430. The maximum atomic E-state index is 11.3. The second-order valence-corrected chi connectivity index (χ2v) is 7.43. The SMILES string of the molecule is Nc1c(Br)cc(Br)cc1-c1cc(Br)cc(Br)c1[N+](=O)[O-]. The summed E-state index contributed by atoms with van der Waals surface area (Å²) in [6.45, 7) is 0. The van der Waals surface area contributed by atoms with Crippen LogP contribution < -0.4 is 5.73 Å². The van der Waals surface area contributed by atoms with Crippen molar-refractivity contribution in [1.29, 1.82) is 0 Å². The van der Waals surface area contributed by atoms with E-state index in [0.29, 0.717) is 25.8 Å². The molecule has 0 aliphatic rings. The van der Waals surface area contributed by atoms with Gasteiger partial charge in [-0.25, -0.2) is 0 Å². The van der Waals surface area contributed by atoms with Gasteiger partial charge in [-0.15, -0.1) is 0 Å². The summed E-state index contributed by atoms with van der Waals surface area (Å²) in [5.41, 5.74) is 7.48. The van der Waals surface area contributed by atoms with Crippen molar-refractivity contribution < 1.29 is 4.92 Å². The highest BCUT2D eigenvalue weighted by Gasteiger charge is 2.23. The first-order valence-electron chi connectivity index (χ1n) is 5.19. The lowest BCUT2D eigenvalue weighted by Gasteiger charge is -2.11. The number of benzene rings is 2. The predicted molar refractivity (Wildman–Crippen MR) is 93.7 cm³/mol. The van der Waals surface area contributed by atoms with Gasteiger partial charge >= 0.3 is 0 Å². The molecule has 0 saturated carbocycles. The van der Waals surface area contributed by atoms with Gasteiger partial charge in [-0.3, -0.25) is 10.1 Å². The van der Waals surface area contributed by atoms with Gasteiger partial charge in [-0.05, 0) is 56.1 Å². The highest BCUT2D eigenvalue weighted by molar-refractivity contribution is 9.11. The Bertz CT molecular complexity index is 719. The summed E-state index contributed by atoms with van der Waals surface area (Å²) in [5, 5.41) is 11.3. The minimum absolute atomic E-state index is 0.0232. The zero-order chi connectivity index (χ0) is 15.0. The number of hydrogen-bond acceptors (Lipinski definition) is 3. The highest BCUT2D eigenvalue weighted by atomic mass is 79.9. The molecule has 104 valence electrons. The van der Waals surface area contributed by atoms with Crippen LogP contribution in [-0.2, 0) is 0 Å². The first-order valence-corrected chi connectivity index (χ1v) is 8.36. The maximum absolute atomic E-state index is 11.3. The zero-order valence-corrected chi connectivity index (χ0v) is 16.0. The molecular weight excluding hydrogens is 524 g/mol. The van der Waals surface area contributed by atoms with Crippen LogP contribution in [0.2, 0.25) is 0 Å². The van der Waals surface area contributed by atoms with Gasteiger partial charge in [0.2, 0.25) is 0 Å². The number of hydrogen-bond donors (Lipinski definition) is 1. The van der Waals surface area contributed by atoms with E-state index >= 15 is 0 Å². The average Bonchev–Trinajstić information content (AvgIpc) is 2.32. The number of nitro benzene ring substituents is 1. The summed E-state index contributed by atoms with van der Waals surface area (Å²) >= 11 is 13.3. The van der Waals surface area contributed by atoms with Crippen LogP contribution in [0.1, 0.15) is 0 Å². The fourth-order valence-corrected chi connectivity index (χ4v) is 4.36. The Morgan fingerprint density at radius 3 is 1.95 bits per heavy atom.